The molecule has 0 spiro atoms. The van der Waals surface area contributed by atoms with Gasteiger partial charge in [-0.25, -0.2) is 0 Å². The summed E-state index contributed by atoms with van der Waals surface area (Å²) in [4.78, 5) is 0. The molecule has 2 aliphatic rings. The van der Waals surface area contributed by atoms with E-state index in [2.05, 4.69) is 41.5 Å². The Kier molecular flexibility index (Phi) is 6.06. The second-order valence-corrected chi connectivity index (χ2v) is 9.10. The van der Waals surface area contributed by atoms with Crippen LogP contribution in [0.25, 0.3) is 0 Å². The Morgan fingerprint density at radius 2 is 1.73 bits per heavy atom. The fourth-order valence-electron chi connectivity index (χ4n) is 6.38. The molecular weight excluding hydrogens is 264 g/mol. The summed E-state index contributed by atoms with van der Waals surface area (Å²) in [5.41, 5.74) is 1.42. The van der Waals surface area contributed by atoms with Gasteiger partial charge in [0.2, 0.25) is 0 Å². The number of rotatable bonds is 8. The summed E-state index contributed by atoms with van der Waals surface area (Å²) >= 11 is 0. The summed E-state index contributed by atoms with van der Waals surface area (Å²) in [5.74, 6) is 3.89. The molecule has 0 bridgehead atoms. The number of hydrogen-bond donors (Lipinski definition) is 0. The molecule has 0 heterocycles. The van der Waals surface area contributed by atoms with Gasteiger partial charge in [-0.15, -0.1) is 0 Å². The Balaban J connectivity index is 2.16. The third-order valence-corrected chi connectivity index (χ3v) is 8.14. The monoisotopic (exact) mass is 306 g/mol. The van der Waals surface area contributed by atoms with E-state index in [1.807, 2.05) is 0 Å². The van der Waals surface area contributed by atoms with E-state index in [1.54, 1.807) is 6.42 Å². The van der Waals surface area contributed by atoms with Crippen molar-refractivity contribution in [2.75, 3.05) is 0 Å². The standard InChI is InChI=1S/C22H42/c1-7-10-11-19(6)21(9-3)16-22(21,14-8-2)20-13-12-17(4)18(5)15-20/h17-20H,7-16H2,1-6H3. The van der Waals surface area contributed by atoms with Gasteiger partial charge in [0, 0.05) is 0 Å². The number of hydrogen-bond acceptors (Lipinski definition) is 0. The highest BCUT2D eigenvalue weighted by atomic mass is 14.7. The van der Waals surface area contributed by atoms with Crippen LogP contribution in [0.5, 0.6) is 0 Å². The van der Waals surface area contributed by atoms with Gasteiger partial charge < -0.3 is 0 Å². The van der Waals surface area contributed by atoms with Gasteiger partial charge >= 0.3 is 0 Å². The van der Waals surface area contributed by atoms with Crippen LogP contribution < -0.4 is 0 Å². The Hall–Kier alpha value is 0. The minimum absolute atomic E-state index is 0.698. The molecule has 0 N–H and O–H groups in total. The molecule has 0 nitrogen and oxygen atoms in total. The second-order valence-electron chi connectivity index (χ2n) is 9.10. The van der Waals surface area contributed by atoms with Crippen molar-refractivity contribution in [1.82, 2.24) is 0 Å². The summed E-state index contributed by atoms with van der Waals surface area (Å²) in [6.45, 7) is 14.9. The smallest absolute Gasteiger partial charge is 0.0204 e. The highest BCUT2D eigenvalue weighted by molar-refractivity contribution is 5.18. The van der Waals surface area contributed by atoms with Gasteiger partial charge in [-0.2, -0.15) is 0 Å². The molecule has 0 aromatic heterocycles. The first-order chi connectivity index (χ1) is 10.5. The lowest BCUT2D eigenvalue weighted by Gasteiger charge is -2.41. The van der Waals surface area contributed by atoms with Crippen molar-refractivity contribution in [3.05, 3.63) is 0 Å². The molecule has 6 unspecified atom stereocenters. The lowest BCUT2D eigenvalue weighted by Crippen LogP contribution is -2.33. The van der Waals surface area contributed by atoms with Crippen molar-refractivity contribution in [2.45, 2.75) is 106 Å². The first-order valence-corrected chi connectivity index (χ1v) is 10.5. The number of unbranched alkanes of at least 4 members (excludes halogenated alkanes) is 1. The summed E-state index contributed by atoms with van der Waals surface area (Å²) in [6.07, 6.45) is 14.7. The van der Waals surface area contributed by atoms with E-state index in [-0.39, 0.29) is 0 Å². The summed E-state index contributed by atoms with van der Waals surface area (Å²) in [6, 6.07) is 0. The molecule has 130 valence electrons. The zero-order valence-corrected chi connectivity index (χ0v) is 16.4. The van der Waals surface area contributed by atoms with Gasteiger partial charge in [-0.05, 0) is 66.6 Å². The van der Waals surface area contributed by atoms with Crippen molar-refractivity contribution >= 4 is 0 Å². The van der Waals surface area contributed by atoms with E-state index in [1.165, 1.54) is 57.8 Å². The first-order valence-electron chi connectivity index (χ1n) is 10.5. The minimum atomic E-state index is 0.698. The predicted molar refractivity (Wildman–Crippen MR) is 99.0 cm³/mol. The topological polar surface area (TPSA) is 0 Å². The molecule has 0 amide bonds. The zero-order valence-electron chi connectivity index (χ0n) is 16.4. The molecule has 0 radical (unpaired) electrons. The fraction of sp³-hybridized carbons (Fsp3) is 1.00. The van der Waals surface area contributed by atoms with E-state index in [9.17, 15) is 0 Å². The third-order valence-electron chi connectivity index (χ3n) is 8.14. The molecule has 2 rings (SSSR count). The van der Waals surface area contributed by atoms with Gasteiger partial charge in [0.05, 0.1) is 0 Å². The normalized spacial score (nSPS) is 43.1. The van der Waals surface area contributed by atoms with Crippen LogP contribution in [0.1, 0.15) is 106 Å². The van der Waals surface area contributed by atoms with Crippen molar-refractivity contribution in [3.8, 4) is 0 Å². The average molecular weight is 307 g/mol. The van der Waals surface area contributed by atoms with E-state index in [4.69, 9.17) is 0 Å². The van der Waals surface area contributed by atoms with Crippen LogP contribution in [0.2, 0.25) is 0 Å². The lowest BCUT2D eigenvalue weighted by molar-refractivity contribution is 0.0805. The van der Waals surface area contributed by atoms with Crippen LogP contribution in [0.15, 0.2) is 0 Å². The minimum Gasteiger partial charge on any atom is -0.0654 e. The summed E-state index contributed by atoms with van der Waals surface area (Å²) < 4.78 is 0. The highest BCUT2D eigenvalue weighted by Gasteiger charge is 2.69. The quantitative estimate of drug-likeness (QED) is 0.436. The van der Waals surface area contributed by atoms with Crippen LogP contribution in [0.3, 0.4) is 0 Å². The van der Waals surface area contributed by atoms with Gasteiger partial charge in [-0.1, -0.05) is 73.6 Å². The molecule has 0 heteroatoms. The third kappa shape index (κ3) is 3.01. The van der Waals surface area contributed by atoms with Gasteiger partial charge in [-0.3, -0.25) is 0 Å². The SMILES string of the molecule is CCCCC(C)C1(CC)CC1(CCC)C1CCC(C)C(C)C1. The van der Waals surface area contributed by atoms with Gasteiger partial charge in [0.15, 0.2) is 0 Å². The molecule has 6 atom stereocenters. The van der Waals surface area contributed by atoms with Gasteiger partial charge in [0.1, 0.15) is 0 Å². The van der Waals surface area contributed by atoms with Crippen LogP contribution in [-0.4, -0.2) is 0 Å². The molecule has 0 aliphatic heterocycles. The van der Waals surface area contributed by atoms with E-state index in [0.717, 1.165) is 29.1 Å². The van der Waals surface area contributed by atoms with E-state index in [0.29, 0.717) is 5.41 Å². The molecule has 0 aromatic carbocycles. The zero-order chi connectivity index (χ0) is 16.4. The Labute approximate surface area is 140 Å². The Morgan fingerprint density at radius 1 is 1.00 bits per heavy atom. The largest absolute Gasteiger partial charge is 0.0654 e. The lowest BCUT2D eigenvalue weighted by atomic mass is 9.63. The highest BCUT2D eigenvalue weighted by Crippen LogP contribution is 2.77. The Bertz CT molecular complexity index is 346. The second kappa shape index (κ2) is 7.27. The maximum atomic E-state index is 2.59. The van der Waals surface area contributed by atoms with Crippen molar-refractivity contribution in [1.29, 1.82) is 0 Å². The molecule has 22 heavy (non-hydrogen) atoms. The van der Waals surface area contributed by atoms with Gasteiger partial charge in [0.25, 0.3) is 0 Å². The fourth-order valence-corrected chi connectivity index (χ4v) is 6.38. The average Bonchev–Trinajstić information content (AvgIpc) is 3.18. The van der Waals surface area contributed by atoms with Crippen molar-refractivity contribution in [2.24, 2.45) is 34.5 Å². The molecular formula is C22H42. The molecule has 0 saturated heterocycles. The maximum absolute atomic E-state index is 2.59. The Morgan fingerprint density at radius 3 is 2.27 bits per heavy atom. The first kappa shape index (κ1) is 18.3. The van der Waals surface area contributed by atoms with E-state index >= 15 is 0 Å². The van der Waals surface area contributed by atoms with Crippen molar-refractivity contribution < 1.29 is 0 Å². The predicted octanol–water partition coefficient (Wildman–Crippen LogP) is 7.47. The van der Waals surface area contributed by atoms with Crippen LogP contribution in [0.4, 0.5) is 0 Å². The van der Waals surface area contributed by atoms with E-state index < -0.39 is 0 Å². The molecule has 2 saturated carbocycles. The molecule has 0 aromatic rings. The molecule has 2 aliphatic carbocycles. The van der Waals surface area contributed by atoms with Crippen LogP contribution in [-0.2, 0) is 0 Å². The summed E-state index contributed by atoms with van der Waals surface area (Å²) in [5, 5.41) is 0. The maximum Gasteiger partial charge on any atom is -0.0204 e. The van der Waals surface area contributed by atoms with Crippen LogP contribution >= 0.6 is 0 Å². The molecule has 2 fully saturated rings. The van der Waals surface area contributed by atoms with Crippen LogP contribution in [0, 0.1) is 34.5 Å². The summed E-state index contributed by atoms with van der Waals surface area (Å²) in [7, 11) is 0. The van der Waals surface area contributed by atoms with Crippen molar-refractivity contribution in [3.63, 3.8) is 0 Å².